The van der Waals surface area contributed by atoms with Crippen molar-refractivity contribution in [2.75, 3.05) is 4.90 Å². The van der Waals surface area contributed by atoms with Crippen LogP contribution in [0, 0.1) is 0 Å². The third-order valence-electron chi connectivity index (χ3n) is 12.0. The first-order valence-electron chi connectivity index (χ1n) is 19.8. The van der Waals surface area contributed by atoms with Gasteiger partial charge in [-0.05, 0) is 74.0 Å². The average molecular weight is 746 g/mol. The van der Waals surface area contributed by atoms with E-state index in [2.05, 4.69) is 219 Å². The molecule has 1 aliphatic carbocycles. The molecule has 0 spiro atoms. The van der Waals surface area contributed by atoms with Crippen molar-refractivity contribution in [2.24, 2.45) is 0 Å². The predicted octanol–water partition coefficient (Wildman–Crippen LogP) is 16.0. The summed E-state index contributed by atoms with van der Waals surface area (Å²) in [6.45, 7) is 4.80. The SMILES string of the molecule is CC1(C)c2ccccc2-c2cccc(N(c3ccccc3-c3cccc4ccc5sc6ccccc6c5c34)c3c(-c4ccccc4)cccc3-c3ccccc3)c21. The van der Waals surface area contributed by atoms with Gasteiger partial charge in [0.15, 0.2) is 0 Å². The summed E-state index contributed by atoms with van der Waals surface area (Å²) >= 11 is 1.88. The number of hydrogen-bond donors (Lipinski definition) is 0. The maximum absolute atomic E-state index is 2.61. The number of hydrogen-bond acceptors (Lipinski definition) is 2. The lowest BCUT2D eigenvalue weighted by molar-refractivity contribution is 0.661. The first-order chi connectivity index (χ1) is 28.1. The Labute approximate surface area is 337 Å². The molecule has 270 valence electrons. The molecule has 1 heterocycles. The van der Waals surface area contributed by atoms with Crippen molar-refractivity contribution in [1.29, 1.82) is 0 Å². The molecule has 11 rings (SSSR count). The molecule has 1 aromatic heterocycles. The van der Waals surface area contributed by atoms with Crippen LogP contribution in [0.1, 0.15) is 25.0 Å². The molecule has 0 saturated carbocycles. The molecular weight excluding hydrogens is 707 g/mol. The topological polar surface area (TPSA) is 3.24 Å². The lowest BCUT2D eigenvalue weighted by Gasteiger charge is -2.36. The molecule has 10 aromatic rings. The van der Waals surface area contributed by atoms with Gasteiger partial charge in [0, 0.05) is 42.3 Å². The fourth-order valence-electron chi connectivity index (χ4n) is 9.58. The number of nitrogens with zero attached hydrogens (tertiary/aromatic N) is 1. The maximum atomic E-state index is 2.61. The van der Waals surface area contributed by atoms with Gasteiger partial charge >= 0.3 is 0 Å². The van der Waals surface area contributed by atoms with Crippen molar-refractivity contribution in [3.05, 3.63) is 211 Å². The van der Waals surface area contributed by atoms with Crippen LogP contribution in [0.2, 0.25) is 0 Å². The van der Waals surface area contributed by atoms with Crippen LogP contribution in [0.15, 0.2) is 200 Å². The van der Waals surface area contributed by atoms with Gasteiger partial charge in [-0.1, -0.05) is 190 Å². The highest BCUT2D eigenvalue weighted by Crippen LogP contribution is 2.57. The summed E-state index contributed by atoms with van der Waals surface area (Å²) in [5.74, 6) is 0. The van der Waals surface area contributed by atoms with Crippen LogP contribution in [-0.4, -0.2) is 0 Å². The lowest BCUT2D eigenvalue weighted by atomic mass is 9.81. The van der Waals surface area contributed by atoms with E-state index in [1.165, 1.54) is 92.3 Å². The van der Waals surface area contributed by atoms with E-state index in [0.717, 1.165) is 11.4 Å². The molecule has 0 fully saturated rings. The molecule has 9 aromatic carbocycles. The highest BCUT2D eigenvalue weighted by Gasteiger charge is 2.39. The van der Waals surface area contributed by atoms with Gasteiger partial charge in [-0.25, -0.2) is 0 Å². The number of anilines is 3. The Kier molecular flexibility index (Phi) is 7.77. The van der Waals surface area contributed by atoms with Crippen LogP contribution in [0.3, 0.4) is 0 Å². The quantitative estimate of drug-likeness (QED) is 0.164. The normalized spacial score (nSPS) is 12.9. The van der Waals surface area contributed by atoms with E-state index in [0.29, 0.717) is 0 Å². The summed E-state index contributed by atoms with van der Waals surface area (Å²) in [4.78, 5) is 2.61. The van der Waals surface area contributed by atoms with Crippen molar-refractivity contribution in [3.8, 4) is 44.5 Å². The Morgan fingerprint density at radius 2 is 0.947 bits per heavy atom. The third-order valence-corrected chi connectivity index (χ3v) is 13.2. The minimum absolute atomic E-state index is 0.245. The first kappa shape index (κ1) is 33.6. The van der Waals surface area contributed by atoms with E-state index < -0.39 is 0 Å². The molecule has 1 nitrogen and oxygen atoms in total. The summed E-state index contributed by atoms with van der Waals surface area (Å²) < 4.78 is 2.63. The molecule has 0 atom stereocenters. The van der Waals surface area contributed by atoms with Crippen LogP contribution < -0.4 is 4.90 Å². The maximum Gasteiger partial charge on any atom is 0.0618 e. The standard InChI is InChI=1S/C55H39NS/c1-55(2)46-30-12-9-23-41(46)44-29-17-32-48(53(44)55)56(54-39(36-18-5-3-6-19-36)26-16-27-40(54)37-20-7-4-8-21-37)47-31-13-10-24-42(47)43-28-15-22-38-34-35-50-52(51(38)43)45-25-11-14-33-49(45)57-50/h3-35H,1-2H3. The number of para-hydroxylation sites is 2. The second kappa shape index (κ2) is 13.2. The first-order valence-corrected chi connectivity index (χ1v) is 20.6. The number of fused-ring (bicyclic) bond motifs is 8. The van der Waals surface area contributed by atoms with Crippen molar-refractivity contribution < 1.29 is 0 Å². The molecule has 0 bridgehead atoms. The van der Waals surface area contributed by atoms with E-state index >= 15 is 0 Å². The summed E-state index contributed by atoms with van der Waals surface area (Å²) in [6, 6.07) is 73.9. The van der Waals surface area contributed by atoms with Gasteiger partial charge in [0.1, 0.15) is 0 Å². The van der Waals surface area contributed by atoms with Crippen LogP contribution in [0.4, 0.5) is 17.1 Å². The molecule has 0 aliphatic heterocycles. The Morgan fingerprint density at radius 1 is 0.386 bits per heavy atom. The Balaban J connectivity index is 1.29. The number of rotatable bonds is 6. The van der Waals surface area contributed by atoms with E-state index in [4.69, 9.17) is 0 Å². The molecule has 0 unspecified atom stereocenters. The highest BCUT2D eigenvalue weighted by atomic mass is 32.1. The van der Waals surface area contributed by atoms with Gasteiger partial charge in [-0.3, -0.25) is 0 Å². The minimum Gasteiger partial charge on any atom is -0.308 e. The lowest BCUT2D eigenvalue weighted by Crippen LogP contribution is -2.21. The summed E-state index contributed by atoms with van der Waals surface area (Å²) in [5.41, 5.74) is 15.7. The monoisotopic (exact) mass is 745 g/mol. The molecule has 0 radical (unpaired) electrons. The second-order valence-electron chi connectivity index (χ2n) is 15.6. The van der Waals surface area contributed by atoms with Gasteiger partial charge in [0.05, 0.1) is 17.1 Å². The zero-order valence-electron chi connectivity index (χ0n) is 31.9. The smallest absolute Gasteiger partial charge is 0.0618 e. The van der Waals surface area contributed by atoms with E-state index in [9.17, 15) is 0 Å². The Bertz CT molecular complexity index is 3100. The third kappa shape index (κ3) is 5.21. The predicted molar refractivity (Wildman–Crippen MR) is 245 cm³/mol. The van der Waals surface area contributed by atoms with E-state index in [1.54, 1.807) is 0 Å². The summed E-state index contributed by atoms with van der Waals surface area (Å²) in [5, 5.41) is 5.19. The summed E-state index contributed by atoms with van der Waals surface area (Å²) in [7, 11) is 0. The Hall–Kier alpha value is -6.74. The van der Waals surface area contributed by atoms with Crippen molar-refractivity contribution >= 4 is 59.3 Å². The van der Waals surface area contributed by atoms with Crippen molar-refractivity contribution in [1.82, 2.24) is 0 Å². The molecule has 0 N–H and O–H groups in total. The molecule has 2 heteroatoms. The molecule has 0 saturated heterocycles. The van der Waals surface area contributed by atoms with Gasteiger partial charge in [0.25, 0.3) is 0 Å². The summed E-state index contributed by atoms with van der Waals surface area (Å²) in [6.07, 6.45) is 0. The fourth-order valence-corrected chi connectivity index (χ4v) is 10.7. The van der Waals surface area contributed by atoms with Gasteiger partial charge in [-0.15, -0.1) is 11.3 Å². The highest BCUT2D eigenvalue weighted by molar-refractivity contribution is 7.26. The van der Waals surface area contributed by atoms with Crippen molar-refractivity contribution in [3.63, 3.8) is 0 Å². The van der Waals surface area contributed by atoms with E-state index in [-0.39, 0.29) is 5.41 Å². The zero-order valence-corrected chi connectivity index (χ0v) is 32.7. The van der Waals surface area contributed by atoms with Crippen molar-refractivity contribution in [2.45, 2.75) is 19.3 Å². The van der Waals surface area contributed by atoms with Gasteiger partial charge in [0.2, 0.25) is 0 Å². The molecular formula is C55H39NS. The molecule has 57 heavy (non-hydrogen) atoms. The van der Waals surface area contributed by atoms with Crippen LogP contribution in [-0.2, 0) is 5.41 Å². The number of thiophene rings is 1. The van der Waals surface area contributed by atoms with Crippen LogP contribution in [0.25, 0.3) is 75.5 Å². The number of benzene rings is 9. The Morgan fingerprint density at radius 3 is 1.72 bits per heavy atom. The average Bonchev–Trinajstić information content (AvgIpc) is 3.77. The second-order valence-corrected chi connectivity index (χ2v) is 16.7. The molecule has 1 aliphatic rings. The minimum atomic E-state index is -0.245. The van der Waals surface area contributed by atoms with Crippen LogP contribution in [0.5, 0.6) is 0 Å². The van der Waals surface area contributed by atoms with Gasteiger partial charge < -0.3 is 4.90 Å². The zero-order chi connectivity index (χ0) is 38.1. The molecule has 0 amide bonds. The largest absolute Gasteiger partial charge is 0.308 e. The van der Waals surface area contributed by atoms with Gasteiger partial charge in [-0.2, -0.15) is 0 Å². The van der Waals surface area contributed by atoms with E-state index in [1.807, 2.05) is 11.3 Å². The van der Waals surface area contributed by atoms with Crippen LogP contribution >= 0.6 is 11.3 Å². The fraction of sp³-hybridized carbons (Fsp3) is 0.0545.